The molecule has 0 spiro atoms. The Labute approximate surface area is 105 Å². The maximum absolute atomic E-state index is 8.61. The maximum atomic E-state index is 8.61. The Balaban J connectivity index is 0.00000144. The normalized spacial score (nSPS) is 11.0. The van der Waals surface area contributed by atoms with Crippen LogP contribution in [0.2, 0.25) is 0 Å². The SMILES string of the molecule is Cc1oc(-c2ccccc2)cc1/C(N)=N/O.Cl. The van der Waals surface area contributed by atoms with Crippen molar-refractivity contribution in [2.24, 2.45) is 10.9 Å². The van der Waals surface area contributed by atoms with Gasteiger partial charge in [0.15, 0.2) is 5.84 Å². The first-order valence-corrected chi connectivity index (χ1v) is 4.86. The third kappa shape index (κ3) is 2.60. The van der Waals surface area contributed by atoms with E-state index in [0.717, 1.165) is 5.56 Å². The van der Waals surface area contributed by atoms with Crippen LogP contribution in [0.4, 0.5) is 0 Å². The Morgan fingerprint density at radius 1 is 1.29 bits per heavy atom. The van der Waals surface area contributed by atoms with E-state index in [0.29, 0.717) is 17.1 Å². The number of nitrogens with two attached hydrogens (primary N) is 1. The van der Waals surface area contributed by atoms with Gasteiger partial charge in [-0.1, -0.05) is 35.5 Å². The standard InChI is InChI=1S/C12H12N2O2.ClH/c1-8-10(12(13)14-15)7-11(16-8)9-5-3-2-4-6-9;/h2-7,15H,1H3,(H2,13,14);1H. The number of oxime groups is 1. The fourth-order valence-corrected chi connectivity index (χ4v) is 1.53. The van der Waals surface area contributed by atoms with Crippen LogP contribution in [0.25, 0.3) is 11.3 Å². The van der Waals surface area contributed by atoms with Gasteiger partial charge in [-0.3, -0.25) is 0 Å². The molecule has 4 nitrogen and oxygen atoms in total. The molecular formula is C12H13ClN2O2. The van der Waals surface area contributed by atoms with Gasteiger partial charge in [-0.2, -0.15) is 0 Å². The summed E-state index contributed by atoms with van der Waals surface area (Å²) in [5.41, 5.74) is 7.10. The molecule has 0 unspecified atom stereocenters. The van der Waals surface area contributed by atoms with Gasteiger partial charge < -0.3 is 15.4 Å². The summed E-state index contributed by atoms with van der Waals surface area (Å²) in [6.07, 6.45) is 0. The van der Waals surface area contributed by atoms with Crippen molar-refractivity contribution >= 4 is 18.2 Å². The lowest BCUT2D eigenvalue weighted by molar-refractivity contribution is 0.318. The molecule has 17 heavy (non-hydrogen) atoms. The van der Waals surface area contributed by atoms with Crippen LogP contribution in [-0.4, -0.2) is 11.0 Å². The Kier molecular flexibility index (Phi) is 4.17. The van der Waals surface area contributed by atoms with Crippen LogP contribution in [0.3, 0.4) is 0 Å². The molecule has 0 atom stereocenters. The summed E-state index contributed by atoms with van der Waals surface area (Å²) in [6.45, 7) is 1.78. The second kappa shape index (κ2) is 5.41. The van der Waals surface area contributed by atoms with Crippen molar-refractivity contribution in [3.8, 4) is 11.3 Å². The van der Waals surface area contributed by atoms with Gasteiger partial charge in [-0.25, -0.2) is 0 Å². The fraction of sp³-hybridized carbons (Fsp3) is 0.0833. The molecule has 0 aliphatic carbocycles. The van der Waals surface area contributed by atoms with Crippen molar-refractivity contribution in [1.29, 1.82) is 0 Å². The predicted molar refractivity (Wildman–Crippen MR) is 68.6 cm³/mol. The number of furan rings is 1. The van der Waals surface area contributed by atoms with Crippen LogP contribution in [0.5, 0.6) is 0 Å². The van der Waals surface area contributed by atoms with Crippen molar-refractivity contribution < 1.29 is 9.62 Å². The molecule has 1 aromatic heterocycles. The van der Waals surface area contributed by atoms with E-state index >= 15 is 0 Å². The largest absolute Gasteiger partial charge is 0.461 e. The van der Waals surface area contributed by atoms with Gasteiger partial charge >= 0.3 is 0 Å². The van der Waals surface area contributed by atoms with Crippen LogP contribution in [0.15, 0.2) is 46.0 Å². The van der Waals surface area contributed by atoms with E-state index in [4.69, 9.17) is 15.4 Å². The smallest absolute Gasteiger partial charge is 0.173 e. The van der Waals surface area contributed by atoms with Gasteiger partial charge in [0.05, 0.1) is 5.56 Å². The molecule has 3 N–H and O–H groups in total. The van der Waals surface area contributed by atoms with Gasteiger partial charge in [0.1, 0.15) is 11.5 Å². The molecule has 0 radical (unpaired) electrons. The molecule has 0 bridgehead atoms. The van der Waals surface area contributed by atoms with Crippen LogP contribution in [0, 0.1) is 6.92 Å². The zero-order chi connectivity index (χ0) is 11.5. The summed E-state index contributed by atoms with van der Waals surface area (Å²) < 4.78 is 5.55. The van der Waals surface area contributed by atoms with E-state index in [1.807, 2.05) is 30.3 Å². The summed E-state index contributed by atoms with van der Waals surface area (Å²) >= 11 is 0. The van der Waals surface area contributed by atoms with Crippen molar-refractivity contribution in [2.75, 3.05) is 0 Å². The van der Waals surface area contributed by atoms with Crippen molar-refractivity contribution in [3.63, 3.8) is 0 Å². The Hall–Kier alpha value is -1.94. The van der Waals surface area contributed by atoms with Crippen molar-refractivity contribution in [3.05, 3.63) is 47.7 Å². The number of amidine groups is 1. The highest BCUT2D eigenvalue weighted by molar-refractivity contribution is 5.98. The Morgan fingerprint density at radius 2 is 1.94 bits per heavy atom. The minimum absolute atomic E-state index is 0. The van der Waals surface area contributed by atoms with Gasteiger partial charge in [0.2, 0.25) is 0 Å². The summed E-state index contributed by atoms with van der Waals surface area (Å²) in [4.78, 5) is 0. The number of halogens is 1. The minimum atomic E-state index is 0. The number of benzene rings is 1. The number of hydrogen-bond donors (Lipinski definition) is 2. The molecule has 2 aromatic rings. The fourth-order valence-electron chi connectivity index (χ4n) is 1.53. The Bertz CT molecular complexity index is 521. The van der Waals surface area contributed by atoms with Gasteiger partial charge in [0.25, 0.3) is 0 Å². The number of hydrogen-bond acceptors (Lipinski definition) is 3. The van der Waals surface area contributed by atoms with Crippen LogP contribution >= 0.6 is 12.4 Å². The van der Waals surface area contributed by atoms with Gasteiger partial charge in [-0.05, 0) is 13.0 Å². The maximum Gasteiger partial charge on any atom is 0.173 e. The lowest BCUT2D eigenvalue weighted by Crippen LogP contribution is -2.12. The summed E-state index contributed by atoms with van der Waals surface area (Å²) in [6, 6.07) is 11.4. The van der Waals surface area contributed by atoms with Crippen molar-refractivity contribution in [1.82, 2.24) is 0 Å². The minimum Gasteiger partial charge on any atom is -0.461 e. The van der Waals surface area contributed by atoms with E-state index in [1.165, 1.54) is 0 Å². The number of nitrogens with zero attached hydrogens (tertiary/aromatic N) is 1. The van der Waals surface area contributed by atoms with E-state index in [2.05, 4.69) is 5.16 Å². The zero-order valence-electron chi connectivity index (χ0n) is 9.25. The molecule has 1 heterocycles. The lowest BCUT2D eigenvalue weighted by atomic mass is 10.1. The highest BCUT2D eigenvalue weighted by Gasteiger charge is 2.12. The Morgan fingerprint density at radius 3 is 2.53 bits per heavy atom. The topological polar surface area (TPSA) is 71.8 Å². The summed E-state index contributed by atoms with van der Waals surface area (Å²) in [5, 5.41) is 11.6. The van der Waals surface area contributed by atoms with E-state index < -0.39 is 0 Å². The summed E-state index contributed by atoms with van der Waals surface area (Å²) in [5.74, 6) is 1.40. The average Bonchev–Trinajstić information content (AvgIpc) is 2.71. The second-order valence-corrected chi connectivity index (χ2v) is 3.43. The van der Waals surface area contributed by atoms with Gasteiger partial charge in [-0.15, -0.1) is 12.4 Å². The molecule has 90 valence electrons. The lowest BCUT2D eigenvalue weighted by Gasteiger charge is -1.93. The first-order valence-electron chi connectivity index (χ1n) is 4.86. The van der Waals surface area contributed by atoms with E-state index in [-0.39, 0.29) is 18.2 Å². The molecule has 0 aliphatic heterocycles. The van der Waals surface area contributed by atoms with Crippen molar-refractivity contribution in [2.45, 2.75) is 6.92 Å². The molecular weight excluding hydrogens is 240 g/mol. The molecule has 2 rings (SSSR count). The molecule has 5 heteroatoms. The molecule has 0 saturated heterocycles. The quantitative estimate of drug-likeness (QED) is 0.374. The molecule has 0 amide bonds. The van der Waals surface area contributed by atoms with Gasteiger partial charge in [0, 0.05) is 5.56 Å². The number of rotatable bonds is 2. The van der Waals surface area contributed by atoms with Crippen LogP contribution in [0.1, 0.15) is 11.3 Å². The van der Waals surface area contributed by atoms with E-state index in [9.17, 15) is 0 Å². The first-order chi connectivity index (χ1) is 7.72. The average molecular weight is 253 g/mol. The molecule has 1 aromatic carbocycles. The third-order valence-electron chi connectivity index (χ3n) is 2.36. The monoisotopic (exact) mass is 252 g/mol. The van der Waals surface area contributed by atoms with Crippen LogP contribution in [-0.2, 0) is 0 Å². The second-order valence-electron chi connectivity index (χ2n) is 3.43. The zero-order valence-corrected chi connectivity index (χ0v) is 10.1. The predicted octanol–water partition coefficient (Wildman–Crippen LogP) is 2.77. The molecule has 0 saturated carbocycles. The summed E-state index contributed by atoms with van der Waals surface area (Å²) in [7, 11) is 0. The van der Waals surface area contributed by atoms with Crippen LogP contribution < -0.4 is 5.73 Å². The number of aryl methyl sites for hydroxylation is 1. The molecule has 0 fully saturated rings. The first kappa shape index (κ1) is 13.1. The van der Waals surface area contributed by atoms with E-state index in [1.54, 1.807) is 13.0 Å². The highest BCUT2D eigenvalue weighted by atomic mass is 35.5. The molecule has 0 aliphatic rings. The third-order valence-corrected chi connectivity index (χ3v) is 2.36. The highest BCUT2D eigenvalue weighted by Crippen LogP contribution is 2.24.